The molecule has 2 saturated carbocycles. The quantitative estimate of drug-likeness (QED) is 0.522. The van der Waals surface area contributed by atoms with Crippen molar-refractivity contribution >= 4 is 12.0 Å². The van der Waals surface area contributed by atoms with E-state index in [-0.39, 0.29) is 42.6 Å². The van der Waals surface area contributed by atoms with Gasteiger partial charge in [-0.05, 0) is 37.3 Å². The van der Waals surface area contributed by atoms with Gasteiger partial charge in [0.05, 0.1) is 13.2 Å². The van der Waals surface area contributed by atoms with Crippen LogP contribution in [0.4, 0.5) is 4.79 Å². The van der Waals surface area contributed by atoms with Gasteiger partial charge in [-0.2, -0.15) is 0 Å². The monoisotopic (exact) mass is 375 g/mol. The summed E-state index contributed by atoms with van der Waals surface area (Å²) in [7, 11) is 0. The maximum Gasteiger partial charge on any atom is 0.317 e. The number of carboxylic acids is 1. The molecule has 4 N–H and O–H groups in total. The van der Waals surface area contributed by atoms with Crippen LogP contribution in [0.3, 0.4) is 0 Å². The predicted molar refractivity (Wildman–Crippen MR) is 102 cm³/mol. The number of nitrogens with zero attached hydrogens (tertiary/aromatic N) is 1. The molecule has 1 aromatic rings. The zero-order chi connectivity index (χ0) is 19.4. The first kappa shape index (κ1) is 19.6. The van der Waals surface area contributed by atoms with E-state index >= 15 is 0 Å². The minimum absolute atomic E-state index is 0.0416. The molecule has 148 valence electrons. The zero-order valence-corrected chi connectivity index (χ0v) is 15.7. The molecule has 1 aromatic carbocycles. The number of aliphatic hydroxyl groups is 1. The Morgan fingerprint density at radius 1 is 1.26 bits per heavy atom. The normalized spacial score (nSPS) is 29.1. The van der Waals surface area contributed by atoms with Crippen molar-refractivity contribution in [3.8, 4) is 0 Å². The summed E-state index contributed by atoms with van der Waals surface area (Å²) in [5.74, 6) is -0.538. The molecule has 7 nitrogen and oxygen atoms in total. The Balaban J connectivity index is 1.40. The SMILES string of the molecule is CCN(CC(=O)O)C1CC(NC(=O)NCC2(CO)CC2c2ccccc2)C1. The molecule has 0 heterocycles. The Kier molecular flexibility index (Phi) is 6.01. The molecule has 2 aliphatic carbocycles. The van der Waals surface area contributed by atoms with Gasteiger partial charge in [-0.25, -0.2) is 4.79 Å². The highest BCUT2D eigenvalue weighted by Gasteiger charge is 2.54. The van der Waals surface area contributed by atoms with Crippen molar-refractivity contribution in [3.05, 3.63) is 35.9 Å². The molecule has 2 amide bonds. The lowest BCUT2D eigenvalue weighted by atomic mass is 9.85. The second kappa shape index (κ2) is 8.27. The van der Waals surface area contributed by atoms with Crippen LogP contribution in [0.2, 0.25) is 0 Å². The topological polar surface area (TPSA) is 102 Å². The van der Waals surface area contributed by atoms with Gasteiger partial charge in [0, 0.05) is 24.0 Å². The van der Waals surface area contributed by atoms with E-state index in [0.29, 0.717) is 13.1 Å². The average Bonchev–Trinajstić information content (AvgIpc) is 3.37. The van der Waals surface area contributed by atoms with Gasteiger partial charge in [0.2, 0.25) is 0 Å². The lowest BCUT2D eigenvalue weighted by Crippen LogP contribution is -2.56. The highest BCUT2D eigenvalue weighted by Crippen LogP contribution is 2.58. The van der Waals surface area contributed by atoms with Crippen LogP contribution >= 0.6 is 0 Å². The van der Waals surface area contributed by atoms with Crippen molar-refractivity contribution < 1.29 is 19.8 Å². The number of nitrogens with one attached hydrogen (secondary N) is 2. The van der Waals surface area contributed by atoms with Crippen LogP contribution < -0.4 is 10.6 Å². The van der Waals surface area contributed by atoms with Gasteiger partial charge >= 0.3 is 12.0 Å². The summed E-state index contributed by atoms with van der Waals surface area (Å²) in [5.41, 5.74) is 0.940. The first-order valence-corrected chi connectivity index (χ1v) is 9.63. The summed E-state index contributed by atoms with van der Waals surface area (Å²) >= 11 is 0. The van der Waals surface area contributed by atoms with Crippen molar-refractivity contribution in [2.45, 2.75) is 44.2 Å². The third-order valence-corrected chi connectivity index (χ3v) is 6.02. The number of aliphatic carboxylic acids is 1. The fourth-order valence-electron chi connectivity index (χ4n) is 4.10. The minimum Gasteiger partial charge on any atom is -0.480 e. The smallest absolute Gasteiger partial charge is 0.317 e. The highest BCUT2D eigenvalue weighted by atomic mass is 16.4. The van der Waals surface area contributed by atoms with Gasteiger partial charge in [-0.15, -0.1) is 0 Å². The molecule has 27 heavy (non-hydrogen) atoms. The molecule has 2 aliphatic rings. The van der Waals surface area contributed by atoms with E-state index < -0.39 is 5.97 Å². The Morgan fingerprint density at radius 2 is 1.96 bits per heavy atom. The number of carbonyl (C=O) groups is 2. The highest BCUT2D eigenvalue weighted by molar-refractivity contribution is 5.74. The fourth-order valence-corrected chi connectivity index (χ4v) is 4.10. The average molecular weight is 375 g/mol. The number of aliphatic hydroxyl groups excluding tert-OH is 1. The number of amides is 2. The van der Waals surface area contributed by atoms with E-state index in [4.69, 9.17) is 5.11 Å². The summed E-state index contributed by atoms with van der Waals surface area (Å²) < 4.78 is 0. The third-order valence-electron chi connectivity index (χ3n) is 6.02. The van der Waals surface area contributed by atoms with Gasteiger partial charge in [0.15, 0.2) is 0 Å². The standard InChI is InChI=1S/C20H29N3O4/c1-2-23(11-18(25)26)16-8-15(9-16)22-19(27)21-12-20(13-24)10-17(20)14-6-4-3-5-7-14/h3-7,15-17,24H,2,8-13H2,1H3,(H,25,26)(H2,21,22,27). The number of hydrogen-bond acceptors (Lipinski definition) is 4. The number of benzene rings is 1. The molecular formula is C20H29N3O4. The molecule has 2 atom stereocenters. The Morgan fingerprint density at radius 3 is 2.56 bits per heavy atom. The van der Waals surface area contributed by atoms with Crippen LogP contribution in [-0.2, 0) is 4.79 Å². The van der Waals surface area contributed by atoms with Crippen molar-refractivity contribution in [1.29, 1.82) is 0 Å². The third kappa shape index (κ3) is 4.59. The maximum atomic E-state index is 12.2. The van der Waals surface area contributed by atoms with Crippen LogP contribution in [0, 0.1) is 5.41 Å². The Bertz CT molecular complexity index is 662. The number of urea groups is 1. The van der Waals surface area contributed by atoms with Crippen molar-refractivity contribution in [1.82, 2.24) is 15.5 Å². The summed E-state index contributed by atoms with van der Waals surface area (Å²) in [6.45, 7) is 3.18. The van der Waals surface area contributed by atoms with Crippen LogP contribution in [0.5, 0.6) is 0 Å². The van der Waals surface area contributed by atoms with Crippen LogP contribution in [0.15, 0.2) is 30.3 Å². The molecule has 0 bridgehead atoms. The summed E-state index contributed by atoms with van der Waals surface area (Å²) in [6, 6.07) is 10.2. The minimum atomic E-state index is -0.822. The Labute approximate surface area is 159 Å². The second-order valence-electron chi connectivity index (χ2n) is 7.79. The first-order valence-electron chi connectivity index (χ1n) is 9.63. The molecule has 7 heteroatoms. The fraction of sp³-hybridized carbons (Fsp3) is 0.600. The number of hydrogen-bond donors (Lipinski definition) is 4. The van der Waals surface area contributed by atoms with Gasteiger partial charge < -0.3 is 20.8 Å². The summed E-state index contributed by atoms with van der Waals surface area (Å²) in [6.07, 6.45) is 2.42. The van der Waals surface area contributed by atoms with E-state index in [0.717, 1.165) is 19.3 Å². The summed E-state index contributed by atoms with van der Waals surface area (Å²) in [4.78, 5) is 25.0. The second-order valence-corrected chi connectivity index (χ2v) is 7.79. The van der Waals surface area contributed by atoms with E-state index in [1.165, 1.54) is 5.56 Å². The zero-order valence-electron chi connectivity index (χ0n) is 15.7. The number of carbonyl (C=O) groups excluding carboxylic acids is 1. The molecule has 0 aromatic heterocycles. The predicted octanol–water partition coefficient (Wildman–Crippen LogP) is 1.39. The lowest BCUT2D eigenvalue weighted by Gasteiger charge is -2.42. The molecule has 0 radical (unpaired) electrons. The van der Waals surface area contributed by atoms with Gasteiger partial charge in [-0.1, -0.05) is 37.3 Å². The van der Waals surface area contributed by atoms with Gasteiger partial charge in [0.25, 0.3) is 0 Å². The lowest BCUT2D eigenvalue weighted by molar-refractivity contribution is -0.139. The molecule has 2 fully saturated rings. The van der Waals surface area contributed by atoms with Crippen LogP contribution in [0.25, 0.3) is 0 Å². The largest absolute Gasteiger partial charge is 0.480 e. The van der Waals surface area contributed by atoms with E-state index in [9.17, 15) is 14.7 Å². The maximum absolute atomic E-state index is 12.2. The number of carboxylic acid groups (broad SMARTS) is 1. The van der Waals surface area contributed by atoms with Crippen LogP contribution in [-0.4, -0.2) is 65.4 Å². The molecular weight excluding hydrogens is 346 g/mol. The van der Waals surface area contributed by atoms with Crippen LogP contribution in [0.1, 0.15) is 37.7 Å². The molecule has 0 aliphatic heterocycles. The first-order chi connectivity index (χ1) is 13.0. The van der Waals surface area contributed by atoms with E-state index in [1.54, 1.807) is 0 Å². The van der Waals surface area contributed by atoms with E-state index in [2.05, 4.69) is 22.8 Å². The Hall–Kier alpha value is -2.12. The van der Waals surface area contributed by atoms with Crippen molar-refractivity contribution in [2.75, 3.05) is 26.2 Å². The molecule has 2 unspecified atom stereocenters. The molecule has 3 rings (SSSR count). The van der Waals surface area contributed by atoms with Gasteiger partial charge in [0.1, 0.15) is 0 Å². The number of rotatable bonds is 9. The number of likely N-dealkylation sites (N-methyl/N-ethyl adjacent to an activating group) is 1. The van der Waals surface area contributed by atoms with Gasteiger partial charge in [-0.3, -0.25) is 9.69 Å². The van der Waals surface area contributed by atoms with E-state index in [1.807, 2.05) is 30.0 Å². The van der Waals surface area contributed by atoms with Crippen molar-refractivity contribution in [3.63, 3.8) is 0 Å². The molecule has 0 saturated heterocycles. The van der Waals surface area contributed by atoms with Crippen molar-refractivity contribution in [2.24, 2.45) is 5.41 Å². The summed E-state index contributed by atoms with van der Waals surface area (Å²) in [5, 5.41) is 24.6. The molecule has 0 spiro atoms.